The fourth-order valence-electron chi connectivity index (χ4n) is 2.92. The lowest BCUT2D eigenvalue weighted by Crippen LogP contribution is -2.44. The Balaban J connectivity index is 2.58. The molecule has 0 saturated heterocycles. The smallest absolute Gasteiger partial charge is 0.410 e. The van der Waals surface area contributed by atoms with Gasteiger partial charge in [0.15, 0.2) is 0 Å². The van der Waals surface area contributed by atoms with E-state index in [0.29, 0.717) is 19.4 Å². The molecular weight excluding hydrogens is 306 g/mol. The number of rotatable bonds is 5. The first kappa shape index (κ1) is 20.8. The Kier molecular flexibility index (Phi) is 7.56. The molecule has 0 N–H and O–H groups in total. The highest BCUT2D eigenvalue weighted by Gasteiger charge is 2.29. The summed E-state index contributed by atoms with van der Waals surface area (Å²) in [7, 11) is 0. The molecule has 0 aromatic heterocycles. The highest BCUT2D eigenvalue weighted by molar-refractivity contribution is 5.70. The van der Waals surface area contributed by atoms with Crippen LogP contribution in [0.1, 0.15) is 86.5 Å². The van der Waals surface area contributed by atoms with Gasteiger partial charge in [-0.3, -0.25) is 4.79 Å². The molecule has 24 heavy (non-hydrogen) atoms. The third-order valence-electron chi connectivity index (χ3n) is 3.84. The highest BCUT2D eigenvalue weighted by Crippen LogP contribution is 2.25. The number of hydrogen-bond acceptors (Lipinski definition) is 4. The summed E-state index contributed by atoms with van der Waals surface area (Å²) in [5, 5.41) is 0. The van der Waals surface area contributed by atoms with Crippen molar-refractivity contribution < 1.29 is 19.1 Å². The van der Waals surface area contributed by atoms with Crippen molar-refractivity contribution in [2.75, 3.05) is 6.54 Å². The van der Waals surface area contributed by atoms with Crippen molar-refractivity contribution in [3.8, 4) is 0 Å². The molecule has 0 atom stereocenters. The third-order valence-corrected chi connectivity index (χ3v) is 3.84. The van der Waals surface area contributed by atoms with Crippen molar-refractivity contribution in [2.24, 2.45) is 0 Å². The molecular formula is C19H35NO4. The Bertz CT molecular complexity index is 414. The van der Waals surface area contributed by atoms with Gasteiger partial charge in [0.1, 0.15) is 11.2 Å². The molecule has 1 amide bonds. The fourth-order valence-corrected chi connectivity index (χ4v) is 2.92. The summed E-state index contributed by atoms with van der Waals surface area (Å²) in [5.74, 6) is -0.213. The average molecular weight is 341 g/mol. The minimum Gasteiger partial charge on any atom is -0.460 e. The van der Waals surface area contributed by atoms with Crippen LogP contribution in [0.2, 0.25) is 0 Å². The lowest BCUT2D eigenvalue weighted by Gasteiger charge is -2.35. The zero-order valence-electron chi connectivity index (χ0n) is 16.3. The number of carbonyl (C=O) groups is 2. The maximum absolute atomic E-state index is 12.6. The van der Waals surface area contributed by atoms with Gasteiger partial charge in [-0.15, -0.1) is 0 Å². The van der Waals surface area contributed by atoms with Crippen molar-refractivity contribution in [3.05, 3.63) is 0 Å². The molecule has 0 aliphatic heterocycles. The molecule has 0 spiro atoms. The van der Waals surface area contributed by atoms with Crippen molar-refractivity contribution >= 4 is 12.1 Å². The van der Waals surface area contributed by atoms with Crippen molar-refractivity contribution in [1.82, 2.24) is 4.90 Å². The van der Waals surface area contributed by atoms with E-state index >= 15 is 0 Å². The molecule has 1 fully saturated rings. The molecule has 1 saturated carbocycles. The highest BCUT2D eigenvalue weighted by atomic mass is 16.6. The Labute approximate surface area is 147 Å². The number of nitrogens with zero attached hydrogens (tertiary/aromatic N) is 1. The molecule has 0 aromatic rings. The number of carbonyl (C=O) groups excluding carboxylic acids is 2. The van der Waals surface area contributed by atoms with Crippen LogP contribution >= 0.6 is 0 Å². The molecule has 0 aromatic carbocycles. The van der Waals surface area contributed by atoms with E-state index in [1.54, 1.807) is 0 Å². The molecule has 1 aliphatic carbocycles. The summed E-state index contributed by atoms with van der Waals surface area (Å²) >= 11 is 0. The Morgan fingerprint density at radius 2 is 1.46 bits per heavy atom. The zero-order valence-corrected chi connectivity index (χ0v) is 16.3. The molecule has 0 radical (unpaired) electrons. The average Bonchev–Trinajstić information content (AvgIpc) is 2.40. The van der Waals surface area contributed by atoms with E-state index in [4.69, 9.17) is 9.47 Å². The number of amides is 1. The summed E-state index contributed by atoms with van der Waals surface area (Å²) in [6, 6.07) is 0.229. The minimum absolute atomic E-state index is 0.213. The van der Waals surface area contributed by atoms with E-state index < -0.39 is 11.2 Å². The summed E-state index contributed by atoms with van der Waals surface area (Å²) < 4.78 is 10.9. The summed E-state index contributed by atoms with van der Waals surface area (Å²) in [6.07, 6.45) is 6.23. The number of esters is 1. The Morgan fingerprint density at radius 3 is 1.96 bits per heavy atom. The maximum atomic E-state index is 12.6. The van der Waals surface area contributed by atoms with Crippen LogP contribution in [-0.2, 0) is 14.3 Å². The van der Waals surface area contributed by atoms with Gasteiger partial charge >= 0.3 is 12.1 Å². The van der Waals surface area contributed by atoms with Gasteiger partial charge < -0.3 is 14.4 Å². The number of hydrogen-bond donors (Lipinski definition) is 0. The SMILES string of the molecule is CC(C)(C)OC(=O)CCCN(C(=O)OC(C)(C)C)C1CCCCC1. The van der Waals surface area contributed by atoms with E-state index in [1.807, 2.05) is 46.4 Å². The molecule has 1 aliphatic rings. The quantitative estimate of drug-likeness (QED) is 0.681. The summed E-state index contributed by atoms with van der Waals surface area (Å²) in [6.45, 7) is 11.8. The van der Waals surface area contributed by atoms with Crippen LogP contribution in [0.4, 0.5) is 4.79 Å². The molecule has 5 nitrogen and oxygen atoms in total. The normalized spacial score (nSPS) is 16.6. The van der Waals surface area contributed by atoms with Gasteiger partial charge in [0.25, 0.3) is 0 Å². The van der Waals surface area contributed by atoms with Crippen LogP contribution in [0, 0.1) is 0 Å². The van der Waals surface area contributed by atoms with Crippen LogP contribution < -0.4 is 0 Å². The molecule has 1 rings (SSSR count). The van der Waals surface area contributed by atoms with Gasteiger partial charge in [0.2, 0.25) is 0 Å². The van der Waals surface area contributed by atoms with Gasteiger partial charge in [-0.25, -0.2) is 4.79 Å². The molecule has 0 unspecified atom stereocenters. The topological polar surface area (TPSA) is 55.8 Å². The van der Waals surface area contributed by atoms with Gasteiger partial charge in [-0.05, 0) is 60.8 Å². The van der Waals surface area contributed by atoms with E-state index in [9.17, 15) is 9.59 Å². The maximum Gasteiger partial charge on any atom is 0.410 e. The predicted molar refractivity (Wildman–Crippen MR) is 94.9 cm³/mol. The van der Waals surface area contributed by atoms with E-state index in [0.717, 1.165) is 25.7 Å². The minimum atomic E-state index is -0.505. The van der Waals surface area contributed by atoms with Crippen LogP contribution in [0.5, 0.6) is 0 Å². The fraction of sp³-hybridized carbons (Fsp3) is 0.895. The van der Waals surface area contributed by atoms with Crippen LogP contribution in [0.25, 0.3) is 0 Å². The van der Waals surface area contributed by atoms with Crippen LogP contribution in [-0.4, -0.2) is 40.8 Å². The summed E-state index contributed by atoms with van der Waals surface area (Å²) in [4.78, 5) is 26.2. The first-order chi connectivity index (χ1) is 11.0. The molecule has 0 bridgehead atoms. The van der Waals surface area contributed by atoms with Gasteiger partial charge in [0.05, 0.1) is 0 Å². The Morgan fingerprint density at radius 1 is 0.917 bits per heavy atom. The standard InChI is InChI=1S/C19H35NO4/c1-18(2,3)23-16(21)13-10-14-20(15-11-8-7-9-12-15)17(22)24-19(4,5)6/h15H,7-14H2,1-6H3. The van der Waals surface area contributed by atoms with E-state index in [2.05, 4.69) is 0 Å². The zero-order chi connectivity index (χ0) is 18.4. The van der Waals surface area contributed by atoms with Crippen LogP contribution in [0.15, 0.2) is 0 Å². The molecule has 140 valence electrons. The largest absolute Gasteiger partial charge is 0.460 e. The van der Waals surface area contributed by atoms with Crippen molar-refractivity contribution in [1.29, 1.82) is 0 Å². The lowest BCUT2D eigenvalue weighted by atomic mass is 9.94. The second kappa shape index (κ2) is 8.72. The monoisotopic (exact) mass is 341 g/mol. The molecule has 5 heteroatoms. The van der Waals surface area contributed by atoms with Gasteiger partial charge in [0, 0.05) is 19.0 Å². The second-order valence-corrected chi connectivity index (χ2v) is 8.66. The molecule has 0 heterocycles. The Hall–Kier alpha value is -1.26. The first-order valence-corrected chi connectivity index (χ1v) is 9.19. The van der Waals surface area contributed by atoms with Crippen molar-refractivity contribution in [3.63, 3.8) is 0 Å². The lowest BCUT2D eigenvalue weighted by molar-refractivity contribution is -0.155. The van der Waals surface area contributed by atoms with Gasteiger partial charge in [-0.2, -0.15) is 0 Å². The van der Waals surface area contributed by atoms with Crippen LogP contribution in [0.3, 0.4) is 0 Å². The van der Waals surface area contributed by atoms with Gasteiger partial charge in [-0.1, -0.05) is 19.3 Å². The van der Waals surface area contributed by atoms with E-state index in [-0.39, 0.29) is 18.1 Å². The van der Waals surface area contributed by atoms with E-state index in [1.165, 1.54) is 6.42 Å². The number of ether oxygens (including phenoxy) is 2. The summed E-state index contributed by atoms with van der Waals surface area (Å²) in [5.41, 5.74) is -0.972. The predicted octanol–water partition coefficient (Wildman–Crippen LogP) is 4.68. The first-order valence-electron chi connectivity index (χ1n) is 9.19. The van der Waals surface area contributed by atoms with Crippen molar-refractivity contribution in [2.45, 2.75) is 104 Å². The third kappa shape index (κ3) is 8.55. The second-order valence-electron chi connectivity index (χ2n) is 8.66.